The predicted octanol–water partition coefficient (Wildman–Crippen LogP) is 3.79. The van der Waals surface area contributed by atoms with Gasteiger partial charge in [-0.25, -0.2) is 0 Å². The Morgan fingerprint density at radius 1 is 1.33 bits per heavy atom. The zero-order valence-electron chi connectivity index (χ0n) is 12.2. The molecule has 0 amide bonds. The molecule has 2 aromatic rings. The Hall–Kier alpha value is -2.08. The van der Waals surface area contributed by atoms with Gasteiger partial charge in [0.25, 0.3) is 5.69 Å². The molecule has 0 aliphatic rings. The highest BCUT2D eigenvalue weighted by molar-refractivity contribution is 7.98. The first-order valence-corrected chi connectivity index (χ1v) is 7.47. The highest BCUT2D eigenvalue weighted by Crippen LogP contribution is 2.32. The van der Waals surface area contributed by atoms with Gasteiger partial charge in [-0.2, -0.15) is 0 Å². The van der Waals surface area contributed by atoms with Gasteiger partial charge >= 0.3 is 0 Å². The summed E-state index contributed by atoms with van der Waals surface area (Å²) in [6, 6.07) is 5.84. The van der Waals surface area contributed by atoms with Gasteiger partial charge < -0.3 is 5.73 Å². The van der Waals surface area contributed by atoms with Crippen molar-refractivity contribution in [2.75, 3.05) is 5.73 Å². The molecular weight excluding hydrogens is 286 g/mol. The van der Waals surface area contributed by atoms with Crippen molar-refractivity contribution in [3.05, 3.63) is 56.9 Å². The van der Waals surface area contributed by atoms with Gasteiger partial charge in [0.1, 0.15) is 0 Å². The molecule has 2 N–H and O–H groups in total. The van der Waals surface area contributed by atoms with Gasteiger partial charge in [-0.3, -0.25) is 15.1 Å². The van der Waals surface area contributed by atoms with Crippen LogP contribution in [-0.4, -0.2) is 9.91 Å². The van der Waals surface area contributed by atoms with E-state index in [0.717, 1.165) is 16.2 Å². The zero-order valence-corrected chi connectivity index (χ0v) is 13.0. The fourth-order valence-corrected chi connectivity index (χ4v) is 3.19. The van der Waals surface area contributed by atoms with E-state index in [1.54, 1.807) is 31.8 Å². The number of thioether (sulfide) groups is 1. The molecule has 5 nitrogen and oxygen atoms in total. The molecule has 0 aliphatic carbocycles. The van der Waals surface area contributed by atoms with Crippen LogP contribution < -0.4 is 5.73 Å². The van der Waals surface area contributed by atoms with Crippen LogP contribution in [0.1, 0.15) is 22.4 Å². The number of nitrogens with two attached hydrogens (primary N) is 1. The summed E-state index contributed by atoms with van der Waals surface area (Å²) in [5.41, 5.74) is 9.87. The van der Waals surface area contributed by atoms with Gasteiger partial charge in [0, 0.05) is 33.7 Å². The van der Waals surface area contributed by atoms with Gasteiger partial charge in [-0.15, -0.1) is 11.8 Å². The van der Waals surface area contributed by atoms with E-state index < -0.39 is 0 Å². The summed E-state index contributed by atoms with van der Waals surface area (Å²) in [6.07, 6.45) is 1.56. The molecule has 0 bridgehead atoms. The molecule has 0 saturated heterocycles. The summed E-state index contributed by atoms with van der Waals surface area (Å²) in [6.45, 7) is 5.45. The fourth-order valence-electron chi connectivity index (χ4n) is 2.10. The lowest BCUT2D eigenvalue weighted by atomic mass is 10.1. The maximum atomic E-state index is 11.1. The second-order valence-electron chi connectivity index (χ2n) is 4.95. The summed E-state index contributed by atoms with van der Waals surface area (Å²) < 4.78 is 0. The van der Waals surface area contributed by atoms with Crippen LogP contribution >= 0.6 is 11.8 Å². The van der Waals surface area contributed by atoms with Crippen molar-refractivity contribution in [2.45, 2.75) is 31.4 Å². The van der Waals surface area contributed by atoms with Crippen LogP contribution in [0.3, 0.4) is 0 Å². The Morgan fingerprint density at radius 2 is 2.05 bits per heavy atom. The van der Waals surface area contributed by atoms with Crippen LogP contribution in [0.5, 0.6) is 0 Å². The lowest BCUT2D eigenvalue weighted by molar-refractivity contribution is -0.386. The number of anilines is 1. The molecule has 0 spiro atoms. The number of nitro groups is 1. The summed E-state index contributed by atoms with van der Waals surface area (Å²) >= 11 is 1.54. The molecule has 6 heteroatoms. The van der Waals surface area contributed by atoms with Crippen LogP contribution in [0.15, 0.2) is 29.3 Å². The third-order valence-electron chi connectivity index (χ3n) is 3.29. The summed E-state index contributed by atoms with van der Waals surface area (Å²) in [4.78, 5) is 16.1. The highest BCUT2D eigenvalue weighted by Gasteiger charge is 2.18. The average Bonchev–Trinajstić information content (AvgIpc) is 2.41. The molecule has 1 aromatic heterocycles. The standard InChI is InChI=1S/C15H17N3O2S/c1-9-4-5-12(16)14(6-9)21-8-13-11(3)15(18(19)20)10(2)7-17-13/h4-7H,8,16H2,1-3H3. The van der Waals surface area contributed by atoms with Gasteiger partial charge in [-0.1, -0.05) is 6.07 Å². The van der Waals surface area contributed by atoms with E-state index in [-0.39, 0.29) is 10.6 Å². The van der Waals surface area contributed by atoms with Crippen molar-refractivity contribution >= 4 is 23.1 Å². The molecule has 0 fully saturated rings. The molecule has 1 heterocycles. The third kappa shape index (κ3) is 3.33. The number of benzene rings is 1. The summed E-state index contributed by atoms with van der Waals surface area (Å²) in [5.74, 6) is 0.556. The lowest BCUT2D eigenvalue weighted by Gasteiger charge is -2.09. The molecule has 0 aliphatic heterocycles. The summed E-state index contributed by atoms with van der Waals surface area (Å²) in [7, 11) is 0. The Labute approximate surface area is 127 Å². The number of nitrogens with zero attached hydrogens (tertiary/aromatic N) is 2. The molecule has 1 aromatic carbocycles. The number of aryl methyl sites for hydroxylation is 2. The van der Waals surface area contributed by atoms with Crippen molar-refractivity contribution < 1.29 is 4.92 Å². The minimum absolute atomic E-state index is 0.151. The number of rotatable bonds is 4. The van der Waals surface area contributed by atoms with Crippen molar-refractivity contribution in [3.63, 3.8) is 0 Å². The van der Waals surface area contributed by atoms with E-state index in [9.17, 15) is 10.1 Å². The smallest absolute Gasteiger partial charge is 0.278 e. The van der Waals surface area contributed by atoms with E-state index >= 15 is 0 Å². The molecule has 0 unspecified atom stereocenters. The lowest BCUT2D eigenvalue weighted by Crippen LogP contribution is -2.01. The van der Waals surface area contributed by atoms with Crippen molar-refractivity contribution in [1.82, 2.24) is 4.98 Å². The number of pyridine rings is 1. The Kier molecular flexibility index (Phi) is 4.47. The average molecular weight is 303 g/mol. The maximum Gasteiger partial charge on any atom is 0.278 e. The Balaban J connectivity index is 2.27. The largest absolute Gasteiger partial charge is 0.398 e. The van der Waals surface area contributed by atoms with E-state index in [0.29, 0.717) is 22.6 Å². The molecule has 0 atom stereocenters. The quantitative estimate of drug-likeness (QED) is 0.402. The molecule has 0 radical (unpaired) electrons. The molecule has 2 rings (SSSR count). The highest BCUT2D eigenvalue weighted by atomic mass is 32.2. The number of nitrogen functional groups attached to an aromatic ring is 1. The fraction of sp³-hybridized carbons (Fsp3) is 0.267. The Bertz CT molecular complexity index is 702. The molecular formula is C15H17N3O2S. The van der Waals surface area contributed by atoms with Crippen LogP contribution in [0.4, 0.5) is 11.4 Å². The molecule has 0 saturated carbocycles. The van der Waals surface area contributed by atoms with Crippen LogP contribution in [-0.2, 0) is 5.75 Å². The SMILES string of the molecule is Cc1ccc(N)c(SCc2ncc(C)c([N+](=O)[O-])c2C)c1. The maximum absolute atomic E-state index is 11.1. The minimum Gasteiger partial charge on any atom is -0.398 e. The monoisotopic (exact) mass is 303 g/mol. The van der Waals surface area contributed by atoms with Gasteiger partial charge in [-0.05, 0) is 38.5 Å². The van der Waals surface area contributed by atoms with Crippen molar-refractivity contribution in [1.29, 1.82) is 0 Å². The molecule has 110 valence electrons. The van der Waals surface area contributed by atoms with E-state index in [2.05, 4.69) is 4.98 Å². The number of hydrogen-bond donors (Lipinski definition) is 1. The van der Waals surface area contributed by atoms with Crippen LogP contribution in [0, 0.1) is 30.9 Å². The second-order valence-corrected chi connectivity index (χ2v) is 5.97. The van der Waals surface area contributed by atoms with E-state index in [1.165, 1.54) is 0 Å². The van der Waals surface area contributed by atoms with Gasteiger partial charge in [0.15, 0.2) is 0 Å². The summed E-state index contributed by atoms with van der Waals surface area (Å²) in [5, 5.41) is 11.1. The zero-order chi connectivity index (χ0) is 15.6. The van der Waals surface area contributed by atoms with Crippen molar-refractivity contribution in [3.8, 4) is 0 Å². The first-order valence-electron chi connectivity index (χ1n) is 6.48. The van der Waals surface area contributed by atoms with Gasteiger partial charge in [0.2, 0.25) is 0 Å². The number of hydrogen-bond acceptors (Lipinski definition) is 5. The minimum atomic E-state index is -0.346. The van der Waals surface area contributed by atoms with Crippen molar-refractivity contribution in [2.24, 2.45) is 0 Å². The predicted molar refractivity (Wildman–Crippen MR) is 85.5 cm³/mol. The van der Waals surface area contributed by atoms with Crippen LogP contribution in [0.2, 0.25) is 0 Å². The third-order valence-corrected chi connectivity index (χ3v) is 4.37. The van der Waals surface area contributed by atoms with E-state index in [4.69, 9.17) is 5.73 Å². The van der Waals surface area contributed by atoms with E-state index in [1.807, 2.05) is 25.1 Å². The Morgan fingerprint density at radius 3 is 2.71 bits per heavy atom. The first-order chi connectivity index (χ1) is 9.90. The number of aromatic nitrogens is 1. The van der Waals surface area contributed by atoms with Crippen LogP contribution in [0.25, 0.3) is 0 Å². The first kappa shape index (κ1) is 15.3. The van der Waals surface area contributed by atoms with Gasteiger partial charge in [0.05, 0.1) is 10.6 Å². The molecule has 21 heavy (non-hydrogen) atoms. The normalized spacial score (nSPS) is 10.6. The second kappa shape index (κ2) is 6.13. The topological polar surface area (TPSA) is 82.0 Å².